The molecular formula is C16H12ClNO. The van der Waals surface area contributed by atoms with Crippen LogP contribution in [0, 0.1) is 11.3 Å². The Hall–Kier alpha value is -2.24. The van der Waals surface area contributed by atoms with E-state index in [0.29, 0.717) is 10.6 Å². The van der Waals surface area contributed by atoms with E-state index in [1.54, 1.807) is 19.2 Å². The maximum absolute atomic E-state index is 9.25. The number of halogens is 1. The summed E-state index contributed by atoms with van der Waals surface area (Å²) in [5.74, 6) is 0.790. The van der Waals surface area contributed by atoms with Gasteiger partial charge >= 0.3 is 0 Å². The number of hydrogen-bond acceptors (Lipinski definition) is 2. The zero-order chi connectivity index (χ0) is 13.7. The minimum atomic E-state index is 0.577. The van der Waals surface area contributed by atoms with E-state index in [2.05, 4.69) is 6.07 Å². The smallest absolute Gasteiger partial charge is 0.118 e. The summed E-state index contributed by atoms with van der Waals surface area (Å²) in [6.45, 7) is 0. The molecule has 0 aliphatic heterocycles. The first-order chi connectivity index (χ1) is 9.22. The Labute approximate surface area is 117 Å². The molecule has 0 saturated carbocycles. The fourth-order valence-corrected chi connectivity index (χ4v) is 1.89. The van der Waals surface area contributed by atoms with Crippen LogP contribution >= 0.6 is 11.6 Å². The van der Waals surface area contributed by atoms with Crippen molar-refractivity contribution < 1.29 is 4.74 Å². The molecule has 2 rings (SSSR count). The third-order valence-corrected chi connectivity index (χ3v) is 2.92. The summed E-state index contributed by atoms with van der Waals surface area (Å²) < 4.78 is 5.10. The molecule has 0 saturated heterocycles. The van der Waals surface area contributed by atoms with Crippen LogP contribution in [0.4, 0.5) is 0 Å². The Balaban J connectivity index is 2.36. The number of rotatable bonds is 3. The van der Waals surface area contributed by atoms with Gasteiger partial charge in [-0.3, -0.25) is 0 Å². The number of hydrogen-bond donors (Lipinski definition) is 0. The van der Waals surface area contributed by atoms with E-state index in [1.807, 2.05) is 42.5 Å². The van der Waals surface area contributed by atoms with Gasteiger partial charge in [0.15, 0.2) is 0 Å². The second-order valence-corrected chi connectivity index (χ2v) is 4.39. The minimum absolute atomic E-state index is 0.577. The van der Waals surface area contributed by atoms with Crippen molar-refractivity contribution in [1.29, 1.82) is 5.26 Å². The molecule has 0 fully saturated rings. The summed E-state index contributed by atoms with van der Waals surface area (Å²) in [5, 5.41) is 9.87. The number of benzene rings is 2. The molecule has 2 aromatic rings. The summed E-state index contributed by atoms with van der Waals surface area (Å²) in [5.41, 5.74) is 2.33. The van der Waals surface area contributed by atoms with Gasteiger partial charge in [-0.15, -0.1) is 0 Å². The first-order valence-electron chi connectivity index (χ1n) is 5.75. The second-order valence-electron chi connectivity index (χ2n) is 3.95. The molecule has 0 amide bonds. The Kier molecular flexibility index (Phi) is 4.22. The van der Waals surface area contributed by atoms with Gasteiger partial charge in [-0.1, -0.05) is 35.9 Å². The second kappa shape index (κ2) is 6.08. The van der Waals surface area contributed by atoms with Crippen molar-refractivity contribution in [2.24, 2.45) is 0 Å². The fourth-order valence-electron chi connectivity index (χ4n) is 1.70. The normalized spacial score (nSPS) is 10.9. The largest absolute Gasteiger partial charge is 0.497 e. The van der Waals surface area contributed by atoms with E-state index in [1.165, 1.54) is 0 Å². The number of nitriles is 1. The molecule has 0 bridgehead atoms. The average Bonchev–Trinajstić information content (AvgIpc) is 2.45. The number of allylic oxidation sites excluding steroid dienone is 1. The summed E-state index contributed by atoms with van der Waals surface area (Å²) in [6.07, 6.45) is 1.82. The predicted molar refractivity (Wildman–Crippen MR) is 77.9 cm³/mol. The summed E-state index contributed by atoms with van der Waals surface area (Å²) in [7, 11) is 1.62. The molecule has 0 atom stereocenters. The van der Waals surface area contributed by atoms with E-state index >= 15 is 0 Å². The highest BCUT2D eigenvalue weighted by Gasteiger charge is 2.02. The third-order valence-electron chi connectivity index (χ3n) is 2.68. The van der Waals surface area contributed by atoms with Crippen LogP contribution in [0.15, 0.2) is 48.5 Å². The van der Waals surface area contributed by atoms with Gasteiger partial charge in [0, 0.05) is 5.02 Å². The van der Waals surface area contributed by atoms with Gasteiger partial charge in [-0.2, -0.15) is 5.26 Å². The van der Waals surface area contributed by atoms with Crippen LogP contribution < -0.4 is 4.74 Å². The highest BCUT2D eigenvalue weighted by atomic mass is 35.5. The zero-order valence-corrected chi connectivity index (χ0v) is 11.2. The third kappa shape index (κ3) is 3.37. The quantitative estimate of drug-likeness (QED) is 0.611. The molecule has 2 aromatic carbocycles. The Bertz CT molecular complexity index is 639. The highest BCUT2D eigenvalue weighted by molar-refractivity contribution is 6.30. The molecule has 0 aromatic heterocycles. The lowest BCUT2D eigenvalue weighted by Crippen LogP contribution is -1.84. The van der Waals surface area contributed by atoms with Crippen molar-refractivity contribution in [2.75, 3.05) is 7.11 Å². The van der Waals surface area contributed by atoms with E-state index in [9.17, 15) is 5.26 Å². The van der Waals surface area contributed by atoms with Gasteiger partial charge in [-0.05, 0) is 41.5 Å². The van der Waals surface area contributed by atoms with Crippen molar-refractivity contribution in [2.45, 2.75) is 0 Å². The maximum atomic E-state index is 9.25. The average molecular weight is 270 g/mol. The van der Waals surface area contributed by atoms with Crippen LogP contribution in [0.5, 0.6) is 5.75 Å². The zero-order valence-electron chi connectivity index (χ0n) is 10.4. The lowest BCUT2D eigenvalue weighted by molar-refractivity contribution is 0.415. The molecule has 0 radical (unpaired) electrons. The Morgan fingerprint density at radius 1 is 1.21 bits per heavy atom. The molecular weight excluding hydrogens is 258 g/mol. The molecule has 0 N–H and O–H groups in total. The fraction of sp³-hybridized carbons (Fsp3) is 0.0625. The summed E-state index contributed by atoms with van der Waals surface area (Å²) in [4.78, 5) is 0. The Morgan fingerprint density at radius 3 is 2.53 bits per heavy atom. The number of nitrogens with zero attached hydrogens (tertiary/aromatic N) is 1. The van der Waals surface area contributed by atoms with Crippen LogP contribution in [-0.4, -0.2) is 7.11 Å². The molecule has 19 heavy (non-hydrogen) atoms. The molecule has 0 heterocycles. The molecule has 0 unspecified atom stereocenters. The lowest BCUT2D eigenvalue weighted by atomic mass is 10.0. The van der Waals surface area contributed by atoms with Crippen molar-refractivity contribution in [3.63, 3.8) is 0 Å². The van der Waals surface area contributed by atoms with Crippen molar-refractivity contribution >= 4 is 23.3 Å². The van der Waals surface area contributed by atoms with Crippen molar-refractivity contribution in [3.05, 3.63) is 64.7 Å². The standard InChI is InChI=1S/C16H12ClNO/c1-19-16-7-5-12(6-8-16)9-14(11-18)13-3-2-4-15(17)10-13/h2-10H,1H3/b14-9+. The first kappa shape index (κ1) is 13.2. The SMILES string of the molecule is COc1ccc(/C=C(\C#N)c2cccc(Cl)c2)cc1. The van der Waals surface area contributed by atoms with Crippen LogP contribution in [0.2, 0.25) is 5.02 Å². The van der Waals surface area contributed by atoms with Gasteiger partial charge in [0.2, 0.25) is 0 Å². The van der Waals surface area contributed by atoms with Crippen molar-refractivity contribution in [3.8, 4) is 11.8 Å². The minimum Gasteiger partial charge on any atom is -0.497 e. The first-order valence-corrected chi connectivity index (χ1v) is 6.12. The molecule has 94 valence electrons. The Morgan fingerprint density at radius 2 is 1.95 bits per heavy atom. The predicted octanol–water partition coefficient (Wildman–Crippen LogP) is 4.41. The van der Waals surface area contributed by atoms with Gasteiger partial charge < -0.3 is 4.74 Å². The molecule has 2 nitrogen and oxygen atoms in total. The van der Waals surface area contributed by atoms with E-state index in [-0.39, 0.29) is 0 Å². The maximum Gasteiger partial charge on any atom is 0.118 e. The highest BCUT2D eigenvalue weighted by Crippen LogP contribution is 2.21. The van der Waals surface area contributed by atoms with Crippen LogP contribution in [0.3, 0.4) is 0 Å². The van der Waals surface area contributed by atoms with Crippen LogP contribution in [-0.2, 0) is 0 Å². The van der Waals surface area contributed by atoms with Gasteiger partial charge in [0.25, 0.3) is 0 Å². The topological polar surface area (TPSA) is 33.0 Å². The number of methoxy groups -OCH3 is 1. The van der Waals surface area contributed by atoms with Crippen LogP contribution in [0.25, 0.3) is 11.6 Å². The summed E-state index contributed by atoms with van der Waals surface area (Å²) >= 11 is 5.94. The molecule has 3 heteroatoms. The lowest BCUT2D eigenvalue weighted by Gasteiger charge is -2.02. The number of ether oxygens (including phenoxy) is 1. The van der Waals surface area contributed by atoms with E-state index < -0.39 is 0 Å². The van der Waals surface area contributed by atoms with E-state index in [4.69, 9.17) is 16.3 Å². The van der Waals surface area contributed by atoms with E-state index in [0.717, 1.165) is 16.9 Å². The van der Waals surface area contributed by atoms with Crippen LogP contribution in [0.1, 0.15) is 11.1 Å². The van der Waals surface area contributed by atoms with Gasteiger partial charge in [-0.25, -0.2) is 0 Å². The summed E-state index contributed by atoms with van der Waals surface area (Å²) in [6, 6.07) is 17.0. The monoisotopic (exact) mass is 269 g/mol. The van der Waals surface area contributed by atoms with Crippen molar-refractivity contribution in [1.82, 2.24) is 0 Å². The molecule has 0 aliphatic carbocycles. The molecule has 0 aliphatic rings. The molecule has 0 spiro atoms. The van der Waals surface area contributed by atoms with Gasteiger partial charge in [0.05, 0.1) is 18.8 Å². The van der Waals surface area contributed by atoms with Gasteiger partial charge in [0.1, 0.15) is 5.75 Å².